The normalized spacial score (nSPS) is 10.7. The van der Waals surface area contributed by atoms with Crippen LogP contribution in [-0.2, 0) is 17.9 Å². The van der Waals surface area contributed by atoms with Gasteiger partial charge < -0.3 is 10.1 Å². The third-order valence-corrected chi connectivity index (χ3v) is 2.44. The smallest absolute Gasteiger partial charge is 0.0969 e. The average molecular weight is 232 g/mol. The van der Waals surface area contributed by atoms with Crippen LogP contribution in [0.25, 0.3) is 5.69 Å². The number of rotatable bonds is 5. The number of nitrogens with zero attached hydrogens (tertiary/aromatic N) is 3. The fraction of sp³-hybridized carbons (Fsp3) is 0.333. The second kappa shape index (κ2) is 5.56. The van der Waals surface area contributed by atoms with Gasteiger partial charge >= 0.3 is 0 Å². The molecule has 0 amide bonds. The number of nitrogens with one attached hydrogen (secondary N) is 1. The number of ether oxygens (including phenoxy) is 1. The van der Waals surface area contributed by atoms with Crippen LogP contribution in [0.4, 0.5) is 0 Å². The third kappa shape index (κ3) is 2.69. The molecule has 1 N–H and O–H groups in total. The summed E-state index contributed by atoms with van der Waals surface area (Å²) in [6, 6.07) is 8.00. The molecule has 2 aromatic rings. The van der Waals surface area contributed by atoms with Crippen molar-refractivity contribution in [3.8, 4) is 5.69 Å². The molecule has 0 aliphatic heterocycles. The summed E-state index contributed by atoms with van der Waals surface area (Å²) in [5.74, 6) is 0. The zero-order valence-electron chi connectivity index (χ0n) is 10.1. The van der Waals surface area contributed by atoms with E-state index in [-0.39, 0.29) is 0 Å². The summed E-state index contributed by atoms with van der Waals surface area (Å²) in [6.45, 7) is 1.28. The zero-order chi connectivity index (χ0) is 12.1. The zero-order valence-corrected chi connectivity index (χ0v) is 10.1. The lowest BCUT2D eigenvalue weighted by Crippen LogP contribution is -2.05. The summed E-state index contributed by atoms with van der Waals surface area (Å²) in [5.41, 5.74) is 3.01. The summed E-state index contributed by atoms with van der Waals surface area (Å²) in [5, 5.41) is 11.3. The van der Waals surface area contributed by atoms with Crippen molar-refractivity contribution in [1.82, 2.24) is 20.3 Å². The van der Waals surface area contributed by atoms with Gasteiger partial charge in [-0.2, -0.15) is 0 Å². The van der Waals surface area contributed by atoms with E-state index in [4.69, 9.17) is 4.74 Å². The van der Waals surface area contributed by atoms with Crippen molar-refractivity contribution in [2.45, 2.75) is 13.2 Å². The molecule has 1 heterocycles. The highest BCUT2D eigenvalue weighted by Crippen LogP contribution is 2.14. The standard InChI is InChI=1S/C12H16N4O/c1-13-7-11-8-16(15-14-11)12-6-4-3-5-10(12)9-17-2/h3-6,8,13H,7,9H2,1-2H3. The summed E-state index contributed by atoms with van der Waals surface area (Å²) >= 11 is 0. The molecule has 90 valence electrons. The maximum Gasteiger partial charge on any atom is 0.0969 e. The quantitative estimate of drug-likeness (QED) is 0.839. The highest BCUT2D eigenvalue weighted by molar-refractivity contribution is 5.39. The van der Waals surface area contributed by atoms with E-state index in [1.54, 1.807) is 11.8 Å². The molecule has 0 unspecified atom stereocenters. The van der Waals surface area contributed by atoms with Gasteiger partial charge in [-0.05, 0) is 13.1 Å². The summed E-state index contributed by atoms with van der Waals surface area (Å²) in [4.78, 5) is 0. The van der Waals surface area contributed by atoms with E-state index >= 15 is 0 Å². The van der Waals surface area contributed by atoms with E-state index in [9.17, 15) is 0 Å². The van der Waals surface area contributed by atoms with Crippen LogP contribution in [-0.4, -0.2) is 29.2 Å². The Balaban J connectivity index is 2.31. The summed E-state index contributed by atoms with van der Waals surface area (Å²) in [7, 11) is 3.57. The number of benzene rings is 1. The summed E-state index contributed by atoms with van der Waals surface area (Å²) in [6.07, 6.45) is 1.92. The van der Waals surface area contributed by atoms with Crippen molar-refractivity contribution in [1.29, 1.82) is 0 Å². The molecule has 0 bridgehead atoms. The second-order valence-corrected chi connectivity index (χ2v) is 3.75. The van der Waals surface area contributed by atoms with Gasteiger partial charge in [-0.1, -0.05) is 23.4 Å². The van der Waals surface area contributed by atoms with E-state index in [1.165, 1.54) is 0 Å². The predicted molar refractivity (Wildman–Crippen MR) is 64.8 cm³/mol. The fourth-order valence-electron chi connectivity index (χ4n) is 1.69. The van der Waals surface area contributed by atoms with Crippen LogP contribution in [0.3, 0.4) is 0 Å². The van der Waals surface area contributed by atoms with Crippen molar-refractivity contribution in [2.24, 2.45) is 0 Å². The van der Waals surface area contributed by atoms with E-state index in [0.29, 0.717) is 13.2 Å². The van der Waals surface area contributed by atoms with Gasteiger partial charge in [-0.15, -0.1) is 5.10 Å². The third-order valence-electron chi connectivity index (χ3n) is 2.44. The molecule has 0 saturated heterocycles. The number of hydrogen-bond donors (Lipinski definition) is 1. The van der Waals surface area contributed by atoms with E-state index in [2.05, 4.69) is 15.6 Å². The Morgan fingerprint density at radius 2 is 2.18 bits per heavy atom. The van der Waals surface area contributed by atoms with E-state index in [0.717, 1.165) is 16.9 Å². The molecule has 17 heavy (non-hydrogen) atoms. The topological polar surface area (TPSA) is 52.0 Å². The first-order valence-electron chi connectivity index (χ1n) is 5.48. The van der Waals surface area contributed by atoms with Crippen molar-refractivity contribution < 1.29 is 4.74 Å². The van der Waals surface area contributed by atoms with Crippen LogP contribution < -0.4 is 5.32 Å². The Kier molecular flexibility index (Phi) is 3.85. The molecule has 0 saturated carbocycles. The lowest BCUT2D eigenvalue weighted by molar-refractivity contribution is 0.184. The largest absolute Gasteiger partial charge is 0.380 e. The Bertz CT molecular complexity index is 481. The first kappa shape index (κ1) is 11.8. The van der Waals surface area contributed by atoms with E-state index in [1.807, 2.05) is 37.5 Å². The lowest BCUT2D eigenvalue weighted by Gasteiger charge is -2.07. The van der Waals surface area contributed by atoms with Gasteiger partial charge in [-0.3, -0.25) is 0 Å². The maximum atomic E-state index is 5.17. The van der Waals surface area contributed by atoms with Crippen LogP contribution >= 0.6 is 0 Å². The molecule has 1 aromatic heterocycles. The van der Waals surface area contributed by atoms with E-state index < -0.39 is 0 Å². The van der Waals surface area contributed by atoms with Crippen LogP contribution in [0.5, 0.6) is 0 Å². The first-order valence-corrected chi connectivity index (χ1v) is 5.48. The van der Waals surface area contributed by atoms with Gasteiger partial charge in [-0.25, -0.2) is 4.68 Å². The maximum absolute atomic E-state index is 5.17. The van der Waals surface area contributed by atoms with Crippen LogP contribution in [0.2, 0.25) is 0 Å². The highest BCUT2D eigenvalue weighted by Gasteiger charge is 2.06. The fourth-order valence-corrected chi connectivity index (χ4v) is 1.69. The van der Waals surface area contributed by atoms with Gasteiger partial charge in [0.25, 0.3) is 0 Å². The van der Waals surface area contributed by atoms with Gasteiger partial charge in [0, 0.05) is 19.2 Å². The van der Waals surface area contributed by atoms with Crippen LogP contribution in [0.15, 0.2) is 30.5 Å². The number of methoxy groups -OCH3 is 1. The average Bonchev–Trinajstić information content (AvgIpc) is 2.79. The first-order chi connectivity index (χ1) is 8.35. The molecular formula is C12H16N4O. The van der Waals surface area contributed by atoms with Crippen molar-refractivity contribution in [2.75, 3.05) is 14.2 Å². The summed E-state index contributed by atoms with van der Waals surface area (Å²) < 4.78 is 6.95. The molecule has 1 aromatic carbocycles. The molecule has 0 spiro atoms. The highest BCUT2D eigenvalue weighted by atomic mass is 16.5. The molecule has 0 aliphatic rings. The molecule has 2 rings (SSSR count). The van der Waals surface area contributed by atoms with Crippen molar-refractivity contribution in [3.63, 3.8) is 0 Å². The minimum atomic E-state index is 0.567. The Morgan fingerprint density at radius 1 is 1.35 bits per heavy atom. The van der Waals surface area contributed by atoms with Gasteiger partial charge in [0.15, 0.2) is 0 Å². The number of aromatic nitrogens is 3. The van der Waals surface area contributed by atoms with Gasteiger partial charge in [0.2, 0.25) is 0 Å². The molecule has 0 aliphatic carbocycles. The minimum absolute atomic E-state index is 0.567. The van der Waals surface area contributed by atoms with Gasteiger partial charge in [0.05, 0.1) is 24.2 Å². The lowest BCUT2D eigenvalue weighted by atomic mass is 10.2. The van der Waals surface area contributed by atoms with Crippen molar-refractivity contribution in [3.05, 3.63) is 41.7 Å². The van der Waals surface area contributed by atoms with Crippen LogP contribution in [0.1, 0.15) is 11.3 Å². The predicted octanol–water partition coefficient (Wildman–Crippen LogP) is 1.13. The van der Waals surface area contributed by atoms with Gasteiger partial charge in [0.1, 0.15) is 0 Å². The molecule has 0 atom stereocenters. The molecule has 5 heteroatoms. The Labute approximate surface area is 100 Å². The van der Waals surface area contributed by atoms with Crippen LogP contribution in [0, 0.1) is 0 Å². The Hall–Kier alpha value is -1.72. The van der Waals surface area contributed by atoms with Crippen molar-refractivity contribution >= 4 is 0 Å². The molecule has 0 radical (unpaired) electrons. The molecule has 5 nitrogen and oxygen atoms in total. The SMILES string of the molecule is CNCc1cn(-c2ccccc2COC)nn1. The molecule has 0 fully saturated rings. The minimum Gasteiger partial charge on any atom is -0.380 e. The number of hydrogen-bond acceptors (Lipinski definition) is 4. The second-order valence-electron chi connectivity index (χ2n) is 3.75. The Morgan fingerprint density at radius 3 is 2.94 bits per heavy atom. The monoisotopic (exact) mass is 232 g/mol. The number of para-hydroxylation sites is 1. The molecular weight excluding hydrogens is 216 g/mol.